The van der Waals surface area contributed by atoms with E-state index in [1.54, 1.807) is 12.1 Å². The van der Waals surface area contributed by atoms with Gasteiger partial charge in [0.15, 0.2) is 0 Å². The number of nitrogens with zero attached hydrogens (tertiary/aromatic N) is 5. The van der Waals surface area contributed by atoms with Crippen LogP contribution >= 0.6 is 0 Å². The summed E-state index contributed by atoms with van der Waals surface area (Å²) in [6.45, 7) is 5.01. The molecule has 6 heteroatoms. The third-order valence-electron chi connectivity index (χ3n) is 5.43. The molecule has 0 fully saturated rings. The number of aryl methyl sites for hydroxylation is 2. The molecule has 152 valence electrons. The van der Waals surface area contributed by atoms with E-state index in [1.807, 2.05) is 37.3 Å². The number of rotatable bonds is 5. The van der Waals surface area contributed by atoms with E-state index in [1.165, 1.54) is 17.2 Å². The second-order valence-electron chi connectivity index (χ2n) is 7.35. The van der Waals surface area contributed by atoms with E-state index >= 15 is 0 Å². The summed E-state index contributed by atoms with van der Waals surface area (Å²) in [6, 6.07) is 17.7. The summed E-state index contributed by atoms with van der Waals surface area (Å²) in [6.07, 6.45) is 5.11. The normalized spacial score (nSPS) is 12.5. The summed E-state index contributed by atoms with van der Waals surface area (Å²) < 4.78 is 0. The number of hydrogen-bond acceptors (Lipinski definition) is 6. The van der Waals surface area contributed by atoms with Crippen LogP contribution in [0.15, 0.2) is 48.5 Å². The second-order valence-corrected chi connectivity index (χ2v) is 7.35. The molecule has 1 aliphatic heterocycles. The Balaban J connectivity index is 1.68. The van der Waals surface area contributed by atoms with Crippen LogP contribution in [0.5, 0.6) is 0 Å². The largest absolute Gasteiger partial charge is 0.325 e. The Labute approximate surface area is 182 Å². The molecule has 1 aromatic heterocycles. The van der Waals surface area contributed by atoms with Crippen LogP contribution in [0.2, 0.25) is 0 Å². The summed E-state index contributed by atoms with van der Waals surface area (Å²) >= 11 is 0. The van der Waals surface area contributed by atoms with Crippen LogP contribution in [-0.2, 0) is 12.8 Å². The van der Waals surface area contributed by atoms with E-state index in [0.717, 1.165) is 47.8 Å². The van der Waals surface area contributed by atoms with Gasteiger partial charge in [-0.25, -0.2) is 4.98 Å². The molecule has 0 aliphatic carbocycles. The minimum atomic E-state index is 0.541. The molecule has 0 saturated carbocycles. The van der Waals surface area contributed by atoms with Crippen LogP contribution in [0.25, 0.3) is 6.08 Å². The van der Waals surface area contributed by atoms with Crippen molar-refractivity contribution in [3.05, 3.63) is 76.5 Å². The van der Waals surface area contributed by atoms with Crippen LogP contribution in [0.1, 0.15) is 34.9 Å². The molecule has 0 bridgehead atoms. The number of anilines is 4. The first-order valence-corrected chi connectivity index (χ1v) is 10.2. The Bertz CT molecular complexity index is 1230. The van der Waals surface area contributed by atoms with Crippen LogP contribution in [0.3, 0.4) is 0 Å². The Morgan fingerprint density at radius 2 is 1.94 bits per heavy atom. The predicted molar refractivity (Wildman–Crippen MR) is 122 cm³/mol. The fourth-order valence-electron chi connectivity index (χ4n) is 3.86. The molecule has 4 rings (SSSR count). The van der Waals surface area contributed by atoms with Gasteiger partial charge in [-0.05, 0) is 73.4 Å². The first-order chi connectivity index (χ1) is 15.1. The maximum atomic E-state index is 8.98. The van der Waals surface area contributed by atoms with Crippen LogP contribution in [-0.4, -0.2) is 16.5 Å². The molecular weight excluding hydrogens is 384 g/mol. The molecule has 1 N–H and O–H groups in total. The zero-order valence-corrected chi connectivity index (χ0v) is 17.6. The molecule has 0 radical (unpaired) electrons. The SMILES string of the molecule is CCc1cc(/C=C/C#N)ccc1N1CCc2c(C)nc(Nc3ccc(C#N)cc3)nc21. The van der Waals surface area contributed by atoms with Crippen molar-refractivity contribution in [2.45, 2.75) is 26.7 Å². The number of allylic oxidation sites excluding steroid dienone is 1. The summed E-state index contributed by atoms with van der Waals surface area (Å²) in [5.41, 5.74) is 6.96. The van der Waals surface area contributed by atoms with Crippen molar-refractivity contribution in [2.75, 3.05) is 16.8 Å². The average molecular weight is 406 g/mol. The monoisotopic (exact) mass is 406 g/mol. The third-order valence-corrected chi connectivity index (χ3v) is 5.43. The number of benzene rings is 2. The van der Waals surface area contributed by atoms with E-state index in [4.69, 9.17) is 15.5 Å². The van der Waals surface area contributed by atoms with E-state index < -0.39 is 0 Å². The highest BCUT2D eigenvalue weighted by atomic mass is 15.3. The molecule has 3 aromatic rings. The maximum Gasteiger partial charge on any atom is 0.229 e. The first-order valence-electron chi connectivity index (χ1n) is 10.2. The lowest BCUT2D eigenvalue weighted by atomic mass is 10.0. The smallest absolute Gasteiger partial charge is 0.229 e. The molecule has 0 saturated heterocycles. The van der Waals surface area contributed by atoms with Gasteiger partial charge in [0.1, 0.15) is 5.82 Å². The van der Waals surface area contributed by atoms with Gasteiger partial charge in [-0.15, -0.1) is 0 Å². The summed E-state index contributed by atoms with van der Waals surface area (Å²) in [7, 11) is 0. The van der Waals surface area contributed by atoms with Gasteiger partial charge in [0.25, 0.3) is 0 Å². The minimum Gasteiger partial charge on any atom is -0.325 e. The van der Waals surface area contributed by atoms with Gasteiger partial charge in [0, 0.05) is 35.3 Å². The van der Waals surface area contributed by atoms with Crippen molar-refractivity contribution in [3.8, 4) is 12.1 Å². The average Bonchev–Trinajstić information content (AvgIpc) is 3.22. The molecule has 31 heavy (non-hydrogen) atoms. The standard InChI is InChI=1S/C25H22N6/c1-3-20-15-18(5-4-13-26)8-11-23(20)31-14-12-22-17(2)28-25(30-24(22)31)29-21-9-6-19(16-27)7-10-21/h4-11,15H,3,12,14H2,1-2H3,(H,28,29,30)/b5-4+. The summed E-state index contributed by atoms with van der Waals surface area (Å²) in [5, 5.41) is 21.0. The third kappa shape index (κ3) is 4.10. The highest BCUT2D eigenvalue weighted by Crippen LogP contribution is 2.37. The fourth-order valence-corrected chi connectivity index (χ4v) is 3.86. The molecule has 6 nitrogen and oxygen atoms in total. The van der Waals surface area contributed by atoms with Gasteiger partial charge < -0.3 is 10.2 Å². The lowest BCUT2D eigenvalue weighted by molar-refractivity contribution is 0.970. The number of nitrogens with one attached hydrogen (secondary N) is 1. The summed E-state index contributed by atoms with van der Waals surface area (Å²) in [4.78, 5) is 11.7. The number of aromatic nitrogens is 2. The number of hydrogen-bond donors (Lipinski definition) is 1. The first kappa shape index (κ1) is 20.1. The predicted octanol–water partition coefficient (Wildman–Crippen LogP) is 5.19. The van der Waals surface area contributed by atoms with Crippen molar-refractivity contribution in [3.63, 3.8) is 0 Å². The van der Waals surface area contributed by atoms with Crippen molar-refractivity contribution in [1.82, 2.24) is 9.97 Å². The molecular formula is C25H22N6. The Hall–Kier alpha value is -4.16. The molecule has 0 unspecified atom stereocenters. The van der Waals surface area contributed by atoms with Gasteiger partial charge >= 0.3 is 0 Å². The Kier molecular flexibility index (Phi) is 5.64. The Morgan fingerprint density at radius 3 is 2.65 bits per heavy atom. The van der Waals surface area contributed by atoms with E-state index in [-0.39, 0.29) is 0 Å². The molecule has 1 aliphatic rings. The van der Waals surface area contributed by atoms with E-state index in [0.29, 0.717) is 11.5 Å². The summed E-state index contributed by atoms with van der Waals surface area (Å²) in [5.74, 6) is 1.47. The van der Waals surface area contributed by atoms with Gasteiger partial charge in [0.2, 0.25) is 5.95 Å². The second kappa shape index (κ2) is 8.69. The number of fused-ring (bicyclic) bond motifs is 1. The van der Waals surface area contributed by atoms with Crippen LogP contribution in [0.4, 0.5) is 23.1 Å². The van der Waals surface area contributed by atoms with Gasteiger partial charge in [0.05, 0.1) is 17.7 Å². The van der Waals surface area contributed by atoms with Crippen molar-refractivity contribution < 1.29 is 0 Å². The zero-order valence-electron chi connectivity index (χ0n) is 17.6. The zero-order chi connectivity index (χ0) is 21.8. The van der Waals surface area contributed by atoms with E-state index in [9.17, 15) is 0 Å². The van der Waals surface area contributed by atoms with Gasteiger partial charge in [-0.2, -0.15) is 15.5 Å². The Morgan fingerprint density at radius 1 is 1.13 bits per heavy atom. The van der Waals surface area contributed by atoms with Gasteiger partial charge in [-0.3, -0.25) is 0 Å². The van der Waals surface area contributed by atoms with Crippen LogP contribution in [0, 0.1) is 29.6 Å². The molecule has 0 amide bonds. The molecule has 2 heterocycles. The topological polar surface area (TPSA) is 88.6 Å². The highest BCUT2D eigenvalue weighted by molar-refractivity contribution is 5.73. The lowest BCUT2D eigenvalue weighted by Crippen LogP contribution is -2.17. The van der Waals surface area contributed by atoms with Gasteiger partial charge in [-0.1, -0.05) is 13.0 Å². The molecule has 0 atom stereocenters. The minimum absolute atomic E-state index is 0.541. The van der Waals surface area contributed by atoms with E-state index in [2.05, 4.69) is 40.3 Å². The van der Waals surface area contributed by atoms with Crippen molar-refractivity contribution in [1.29, 1.82) is 10.5 Å². The van der Waals surface area contributed by atoms with Crippen molar-refractivity contribution >= 4 is 29.2 Å². The fraction of sp³-hybridized carbons (Fsp3) is 0.200. The quantitative estimate of drug-likeness (QED) is 0.586. The number of nitriles is 2. The highest BCUT2D eigenvalue weighted by Gasteiger charge is 2.26. The van der Waals surface area contributed by atoms with Crippen molar-refractivity contribution in [2.24, 2.45) is 0 Å². The lowest BCUT2D eigenvalue weighted by Gasteiger charge is -2.22. The molecule has 2 aromatic carbocycles. The maximum absolute atomic E-state index is 8.98. The van der Waals surface area contributed by atoms with Crippen LogP contribution < -0.4 is 10.2 Å². The molecule has 0 spiro atoms.